The van der Waals surface area contributed by atoms with E-state index in [1.807, 2.05) is 0 Å². The molecule has 0 atom stereocenters. The van der Waals surface area contributed by atoms with Gasteiger partial charge in [-0.3, -0.25) is 9.59 Å². The Morgan fingerprint density at radius 1 is 1.30 bits per heavy atom. The summed E-state index contributed by atoms with van der Waals surface area (Å²) in [4.78, 5) is 24.0. The molecule has 1 amide bonds. The molecule has 0 aliphatic heterocycles. The van der Waals surface area contributed by atoms with Crippen LogP contribution in [0, 0.1) is 0 Å². The third-order valence-corrected chi connectivity index (χ3v) is 2.66. The van der Waals surface area contributed by atoms with Crippen LogP contribution in [0.15, 0.2) is 29.1 Å². The van der Waals surface area contributed by atoms with Crippen molar-refractivity contribution in [1.82, 2.24) is 15.1 Å². The molecule has 1 heterocycles. The topological polar surface area (TPSA) is 66.1 Å². The number of carbonyl (C=O) groups excluding carboxylic acids is 1. The van der Waals surface area contributed by atoms with Gasteiger partial charge >= 0.3 is 6.18 Å². The van der Waals surface area contributed by atoms with Crippen LogP contribution in [0.5, 0.6) is 0 Å². The molecule has 2 aromatic rings. The third kappa shape index (κ3) is 2.79. The van der Waals surface area contributed by atoms with Crippen LogP contribution < -0.4 is 5.56 Å². The predicted molar refractivity (Wildman–Crippen MR) is 65.4 cm³/mol. The summed E-state index contributed by atoms with van der Waals surface area (Å²) in [7, 11) is 1.03. The second kappa shape index (κ2) is 4.95. The largest absolute Gasteiger partial charge is 0.406 e. The quantitative estimate of drug-likeness (QED) is 0.910. The molecule has 106 valence electrons. The number of fused-ring (bicyclic) bond motifs is 1. The van der Waals surface area contributed by atoms with Crippen LogP contribution in [0.2, 0.25) is 0 Å². The highest BCUT2D eigenvalue weighted by atomic mass is 19.4. The van der Waals surface area contributed by atoms with Crippen molar-refractivity contribution in [1.29, 1.82) is 0 Å². The number of amides is 1. The second-order valence-electron chi connectivity index (χ2n) is 4.22. The van der Waals surface area contributed by atoms with E-state index in [0.717, 1.165) is 7.05 Å². The van der Waals surface area contributed by atoms with Gasteiger partial charge in [0, 0.05) is 12.4 Å². The maximum Gasteiger partial charge on any atom is 0.406 e. The van der Waals surface area contributed by atoms with E-state index >= 15 is 0 Å². The van der Waals surface area contributed by atoms with Gasteiger partial charge in [0.2, 0.25) is 0 Å². The van der Waals surface area contributed by atoms with Gasteiger partial charge in [-0.25, -0.2) is 5.10 Å². The minimum absolute atomic E-state index is 0.200. The van der Waals surface area contributed by atoms with E-state index in [-0.39, 0.29) is 16.5 Å². The fraction of sp³-hybridized carbons (Fsp3) is 0.250. The molecule has 0 aliphatic rings. The zero-order valence-electron chi connectivity index (χ0n) is 10.4. The monoisotopic (exact) mass is 285 g/mol. The molecule has 2 rings (SSSR count). The highest BCUT2D eigenvalue weighted by molar-refractivity contribution is 6.04. The molecule has 8 heteroatoms. The summed E-state index contributed by atoms with van der Waals surface area (Å²) in [5, 5.41) is 6.09. The summed E-state index contributed by atoms with van der Waals surface area (Å²) in [6.45, 7) is -1.39. The molecule has 0 saturated carbocycles. The molecule has 1 aromatic heterocycles. The van der Waals surface area contributed by atoms with Crippen molar-refractivity contribution in [3.63, 3.8) is 0 Å². The first-order valence-electron chi connectivity index (χ1n) is 5.59. The normalized spacial score (nSPS) is 11.6. The molecular weight excluding hydrogens is 275 g/mol. The van der Waals surface area contributed by atoms with Crippen molar-refractivity contribution in [2.24, 2.45) is 0 Å². The molecule has 0 spiro atoms. The van der Waals surface area contributed by atoms with Gasteiger partial charge in [-0.1, -0.05) is 18.2 Å². The van der Waals surface area contributed by atoms with Crippen LogP contribution >= 0.6 is 0 Å². The average Bonchev–Trinajstić information content (AvgIpc) is 2.37. The molecule has 0 fully saturated rings. The molecule has 20 heavy (non-hydrogen) atoms. The van der Waals surface area contributed by atoms with E-state index in [1.165, 1.54) is 12.1 Å². The van der Waals surface area contributed by atoms with Crippen LogP contribution in [-0.2, 0) is 0 Å². The lowest BCUT2D eigenvalue weighted by Gasteiger charge is -2.18. The molecule has 0 bridgehead atoms. The number of rotatable bonds is 2. The molecule has 0 unspecified atom stereocenters. The van der Waals surface area contributed by atoms with Crippen LogP contribution in [0.1, 0.15) is 10.5 Å². The van der Waals surface area contributed by atoms with Gasteiger partial charge < -0.3 is 4.90 Å². The van der Waals surface area contributed by atoms with Gasteiger partial charge in [0.05, 0.1) is 5.39 Å². The Balaban J connectivity index is 2.46. The van der Waals surface area contributed by atoms with Crippen molar-refractivity contribution < 1.29 is 18.0 Å². The smallest absolute Gasteiger partial charge is 0.331 e. The number of nitrogens with zero attached hydrogens (tertiary/aromatic N) is 2. The van der Waals surface area contributed by atoms with Crippen molar-refractivity contribution >= 4 is 16.7 Å². The first-order valence-corrected chi connectivity index (χ1v) is 5.59. The number of aromatic amines is 1. The molecular formula is C12H10F3N3O2. The van der Waals surface area contributed by atoms with E-state index in [2.05, 4.69) is 10.2 Å². The maximum absolute atomic E-state index is 12.3. The van der Waals surface area contributed by atoms with Gasteiger partial charge in [0.25, 0.3) is 11.5 Å². The van der Waals surface area contributed by atoms with Crippen molar-refractivity contribution in [2.75, 3.05) is 13.6 Å². The number of aromatic nitrogens is 2. The Labute approximate surface area is 111 Å². The predicted octanol–water partition coefficient (Wildman–Crippen LogP) is 1.56. The van der Waals surface area contributed by atoms with E-state index in [4.69, 9.17) is 0 Å². The molecule has 0 aliphatic carbocycles. The van der Waals surface area contributed by atoms with Gasteiger partial charge in [-0.2, -0.15) is 18.3 Å². The Hall–Kier alpha value is -2.38. The standard InChI is InChI=1S/C12H10F3N3O2/c1-18(6-12(13,14)15)11(20)9-7-4-2-3-5-8(7)10(19)17-16-9/h2-5H,6H2,1H3,(H,17,19). The molecule has 5 nitrogen and oxygen atoms in total. The minimum atomic E-state index is -4.50. The van der Waals surface area contributed by atoms with Gasteiger partial charge in [0.1, 0.15) is 6.54 Å². The summed E-state index contributed by atoms with van der Waals surface area (Å²) in [6.07, 6.45) is -4.50. The molecule has 1 aromatic carbocycles. The maximum atomic E-state index is 12.3. The summed E-state index contributed by atoms with van der Waals surface area (Å²) in [5.41, 5.74) is -0.720. The Kier molecular flexibility index (Phi) is 3.47. The first-order chi connectivity index (χ1) is 9.29. The van der Waals surface area contributed by atoms with Crippen LogP contribution in [-0.4, -0.2) is 40.8 Å². The number of halogens is 3. The number of benzene rings is 1. The number of nitrogens with one attached hydrogen (secondary N) is 1. The molecule has 0 saturated heterocycles. The minimum Gasteiger partial charge on any atom is -0.331 e. The summed E-state index contributed by atoms with van der Waals surface area (Å²) < 4.78 is 36.9. The summed E-state index contributed by atoms with van der Waals surface area (Å²) in [6, 6.07) is 6.10. The number of hydrogen-bond donors (Lipinski definition) is 1. The first kappa shape index (κ1) is 14.0. The van der Waals surface area contributed by atoms with E-state index < -0.39 is 24.2 Å². The summed E-state index contributed by atoms with van der Waals surface area (Å²) >= 11 is 0. The van der Waals surface area contributed by atoms with E-state index in [0.29, 0.717) is 4.90 Å². The number of carbonyl (C=O) groups is 1. The zero-order chi connectivity index (χ0) is 14.9. The Bertz CT molecular complexity index is 709. The van der Waals surface area contributed by atoms with Gasteiger partial charge in [-0.05, 0) is 6.07 Å². The van der Waals surface area contributed by atoms with Crippen LogP contribution in [0.3, 0.4) is 0 Å². The summed E-state index contributed by atoms with van der Waals surface area (Å²) in [5.74, 6) is -0.908. The van der Waals surface area contributed by atoms with E-state index in [9.17, 15) is 22.8 Å². The Morgan fingerprint density at radius 3 is 2.50 bits per heavy atom. The second-order valence-corrected chi connectivity index (χ2v) is 4.22. The van der Waals surface area contributed by atoms with Gasteiger partial charge in [0.15, 0.2) is 5.69 Å². The highest BCUT2D eigenvalue weighted by Crippen LogP contribution is 2.18. The van der Waals surface area contributed by atoms with Crippen LogP contribution in [0.25, 0.3) is 10.8 Å². The van der Waals surface area contributed by atoms with Crippen molar-refractivity contribution in [3.8, 4) is 0 Å². The van der Waals surface area contributed by atoms with E-state index in [1.54, 1.807) is 12.1 Å². The van der Waals surface area contributed by atoms with Gasteiger partial charge in [-0.15, -0.1) is 0 Å². The van der Waals surface area contributed by atoms with Crippen LogP contribution in [0.4, 0.5) is 13.2 Å². The molecule has 0 radical (unpaired) electrons. The number of H-pyrrole nitrogens is 1. The average molecular weight is 285 g/mol. The lowest BCUT2D eigenvalue weighted by Crippen LogP contribution is -2.36. The zero-order valence-corrected chi connectivity index (χ0v) is 10.4. The lowest BCUT2D eigenvalue weighted by molar-refractivity contribution is -0.138. The fourth-order valence-electron chi connectivity index (χ4n) is 1.80. The van der Waals surface area contributed by atoms with Crippen molar-refractivity contribution in [3.05, 3.63) is 40.3 Å². The molecule has 1 N–H and O–H groups in total. The highest BCUT2D eigenvalue weighted by Gasteiger charge is 2.32. The fourth-order valence-corrected chi connectivity index (χ4v) is 1.80. The van der Waals surface area contributed by atoms with Crippen molar-refractivity contribution in [2.45, 2.75) is 6.18 Å². The number of hydrogen-bond acceptors (Lipinski definition) is 3. The number of alkyl halides is 3. The SMILES string of the molecule is CN(CC(F)(F)F)C(=O)c1n[nH]c(=O)c2ccccc12. The Morgan fingerprint density at radius 2 is 1.90 bits per heavy atom. The third-order valence-electron chi connectivity index (χ3n) is 2.66. The lowest BCUT2D eigenvalue weighted by atomic mass is 10.1.